The van der Waals surface area contributed by atoms with E-state index >= 15 is 0 Å². The number of fused-ring (bicyclic) bond motifs is 1. The maximum Gasteiger partial charge on any atom is 0.262 e. The van der Waals surface area contributed by atoms with Crippen molar-refractivity contribution in [2.45, 2.75) is 31.6 Å². The quantitative estimate of drug-likeness (QED) is 0.702. The number of rotatable bonds is 4. The van der Waals surface area contributed by atoms with Crippen LogP contribution < -0.4 is 15.4 Å². The van der Waals surface area contributed by atoms with Gasteiger partial charge < -0.3 is 15.4 Å². The summed E-state index contributed by atoms with van der Waals surface area (Å²) < 4.78 is 33.5. The number of nitrogens with one attached hydrogen (secondary N) is 2. The molecular weight excluding hydrogens is 454 g/mol. The second kappa shape index (κ2) is 8.73. The number of hydrogen-bond donors (Lipinski definition) is 2. The molecule has 4 rings (SSSR count). The third-order valence-electron chi connectivity index (χ3n) is 5.72. The summed E-state index contributed by atoms with van der Waals surface area (Å²) >= 11 is 6.13. The predicted octanol–water partition coefficient (Wildman–Crippen LogP) is 3.33. The summed E-state index contributed by atoms with van der Waals surface area (Å²) in [6.07, 6.45) is 1.16. The Kier molecular flexibility index (Phi) is 6.15. The normalized spacial score (nSPS) is 19.0. The molecule has 2 N–H and O–H groups in total. The van der Waals surface area contributed by atoms with Crippen LogP contribution in [0.1, 0.15) is 24.0 Å². The molecule has 0 aromatic heterocycles. The van der Waals surface area contributed by atoms with Gasteiger partial charge in [-0.1, -0.05) is 17.7 Å². The summed E-state index contributed by atoms with van der Waals surface area (Å²) in [5, 5.41) is 6.07. The summed E-state index contributed by atoms with van der Waals surface area (Å²) in [7, 11) is -3.85. The van der Waals surface area contributed by atoms with E-state index in [2.05, 4.69) is 10.6 Å². The van der Waals surface area contributed by atoms with E-state index in [-0.39, 0.29) is 29.9 Å². The molecule has 1 fully saturated rings. The molecular formula is C22H24ClN3O5S. The van der Waals surface area contributed by atoms with Crippen molar-refractivity contribution in [1.82, 2.24) is 4.31 Å². The topological polar surface area (TPSA) is 105 Å². The van der Waals surface area contributed by atoms with Gasteiger partial charge >= 0.3 is 0 Å². The van der Waals surface area contributed by atoms with Crippen molar-refractivity contribution >= 4 is 44.8 Å². The van der Waals surface area contributed by atoms with Gasteiger partial charge in [-0.15, -0.1) is 0 Å². The number of sulfonamides is 1. The van der Waals surface area contributed by atoms with E-state index < -0.39 is 15.9 Å². The van der Waals surface area contributed by atoms with Gasteiger partial charge in [-0.25, -0.2) is 8.42 Å². The molecule has 2 heterocycles. The minimum atomic E-state index is -3.85. The van der Waals surface area contributed by atoms with Crippen LogP contribution in [-0.4, -0.2) is 44.2 Å². The highest BCUT2D eigenvalue weighted by molar-refractivity contribution is 7.89. The second-order valence-electron chi connectivity index (χ2n) is 8.11. The standard InChI is InChI=1S/C22H24ClN3O5S/c1-13-5-6-16(9-17(13)23)24-22(28)15-4-3-7-26(11-15)32(29,30)20-10-19-18(8-14(20)2)25-21(27)12-31-19/h5-6,8-10,15H,3-4,7,11-12H2,1-2H3,(H,24,28)(H,25,27)/t15-/m1/s1. The van der Waals surface area contributed by atoms with Crippen LogP contribution in [0.4, 0.5) is 11.4 Å². The Hall–Kier alpha value is -2.62. The number of carbonyl (C=O) groups excluding carboxylic acids is 2. The van der Waals surface area contributed by atoms with Gasteiger partial charge in [0.2, 0.25) is 15.9 Å². The zero-order valence-electron chi connectivity index (χ0n) is 17.8. The minimum Gasteiger partial charge on any atom is -0.482 e. The lowest BCUT2D eigenvalue weighted by atomic mass is 9.98. The monoisotopic (exact) mass is 477 g/mol. The number of hydrogen-bond acceptors (Lipinski definition) is 5. The summed E-state index contributed by atoms with van der Waals surface area (Å²) in [6.45, 7) is 3.80. The number of nitrogens with zero attached hydrogens (tertiary/aromatic N) is 1. The van der Waals surface area contributed by atoms with Crippen LogP contribution in [0, 0.1) is 19.8 Å². The smallest absolute Gasteiger partial charge is 0.262 e. The van der Waals surface area contributed by atoms with Gasteiger partial charge in [0.25, 0.3) is 5.91 Å². The Balaban J connectivity index is 1.53. The average Bonchev–Trinajstić information content (AvgIpc) is 2.75. The molecule has 2 aromatic rings. The van der Waals surface area contributed by atoms with Gasteiger partial charge in [-0.2, -0.15) is 4.31 Å². The first-order valence-corrected chi connectivity index (χ1v) is 12.1. The van der Waals surface area contributed by atoms with Crippen molar-refractivity contribution in [1.29, 1.82) is 0 Å². The Morgan fingerprint density at radius 1 is 1.22 bits per heavy atom. The van der Waals surface area contributed by atoms with E-state index in [4.69, 9.17) is 16.3 Å². The number of halogens is 1. The Morgan fingerprint density at radius 2 is 2.00 bits per heavy atom. The minimum absolute atomic E-state index is 0.0852. The molecule has 0 bridgehead atoms. The molecule has 2 aliphatic heterocycles. The van der Waals surface area contributed by atoms with E-state index in [1.54, 1.807) is 25.1 Å². The third kappa shape index (κ3) is 4.46. The Labute approximate surface area is 191 Å². The van der Waals surface area contributed by atoms with Gasteiger partial charge in [0.1, 0.15) is 5.75 Å². The highest BCUT2D eigenvalue weighted by atomic mass is 35.5. The zero-order valence-corrected chi connectivity index (χ0v) is 19.3. The largest absolute Gasteiger partial charge is 0.482 e. The molecule has 1 atom stereocenters. The Bertz CT molecular complexity index is 1200. The lowest BCUT2D eigenvalue weighted by Gasteiger charge is -2.32. The molecule has 2 aromatic carbocycles. The summed E-state index contributed by atoms with van der Waals surface area (Å²) in [6, 6.07) is 8.30. The molecule has 32 heavy (non-hydrogen) atoms. The van der Waals surface area contributed by atoms with Crippen molar-refractivity contribution < 1.29 is 22.7 Å². The van der Waals surface area contributed by atoms with Crippen molar-refractivity contribution in [2.24, 2.45) is 5.92 Å². The molecule has 2 amide bonds. The number of piperidine rings is 1. The van der Waals surface area contributed by atoms with Gasteiger partial charge in [0.05, 0.1) is 16.5 Å². The summed E-state index contributed by atoms with van der Waals surface area (Å²) in [5.74, 6) is -0.686. The van der Waals surface area contributed by atoms with Crippen molar-refractivity contribution in [3.05, 3.63) is 46.5 Å². The molecule has 0 saturated carbocycles. The highest BCUT2D eigenvalue weighted by Crippen LogP contribution is 2.35. The van der Waals surface area contributed by atoms with E-state index in [0.717, 1.165) is 5.56 Å². The summed E-state index contributed by atoms with van der Waals surface area (Å²) in [5.41, 5.74) is 2.43. The fourth-order valence-corrected chi connectivity index (χ4v) is 5.85. The highest BCUT2D eigenvalue weighted by Gasteiger charge is 2.35. The van der Waals surface area contributed by atoms with Crippen LogP contribution in [0.5, 0.6) is 5.75 Å². The van der Waals surface area contributed by atoms with Crippen molar-refractivity contribution in [3.63, 3.8) is 0 Å². The first-order chi connectivity index (χ1) is 15.1. The van der Waals surface area contributed by atoms with Crippen LogP contribution in [0.2, 0.25) is 5.02 Å². The molecule has 1 saturated heterocycles. The van der Waals surface area contributed by atoms with Gasteiger partial charge in [-0.3, -0.25) is 9.59 Å². The second-order valence-corrected chi connectivity index (χ2v) is 10.4. The van der Waals surface area contributed by atoms with E-state index in [1.807, 2.05) is 13.0 Å². The maximum absolute atomic E-state index is 13.4. The zero-order chi connectivity index (χ0) is 23.0. The number of aryl methyl sites for hydroxylation is 2. The lowest BCUT2D eigenvalue weighted by molar-refractivity contribution is -0.121. The SMILES string of the molecule is Cc1ccc(NC(=O)[C@@H]2CCCN(S(=O)(=O)c3cc4c(cc3C)NC(=O)CO4)C2)cc1Cl. The number of ether oxygens (including phenoxy) is 1. The lowest BCUT2D eigenvalue weighted by Crippen LogP contribution is -2.43. The molecule has 0 radical (unpaired) electrons. The summed E-state index contributed by atoms with van der Waals surface area (Å²) in [4.78, 5) is 24.5. The molecule has 170 valence electrons. The van der Waals surface area contributed by atoms with Crippen LogP contribution in [0.15, 0.2) is 35.2 Å². The third-order valence-corrected chi connectivity index (χ3v) is 8.14. The molecule has 0 unspecified atom stereocenters. The number of anilines is 2. The predicted molar refractivity (Wildman–Crippen MR) is 122 cm³/mol. The van der Waals surface area contributed by atoms with Gasteiger partial charge in [0, 0.05) is 29.9 Å². The molecule has 0 aliphatic carbocycles. The molecule has 10 heteroatoms. The molecule has 8 nitrogen and oxygen atoms in total. The number of carbonyl (C=O) groups is 2. The number of benzene rings is 2. The first kappa shape index (κ1) is 22.6. The van der Waals surface area contributed by atoms with E-state index in [0.29, 0.717) is 47.1 Å². The van der Waals surface area contributed by atoms with Crippen molar-refractivity contribution in [2.75, 3.05) is 30.3 Å². The van der Waals surface area contributed by atoms with Crippen LogP contribution in [0.3, 0.4) is 0 Å². The van der Waals surface area contributed by atoms with E-state index in [1.165, 1.54) is 10.4 Å². The van der Waals surface area contributed by atoms with Crippen LogP contribution >= 0.6 is 11.6 Å². The Morgan fingerprint density at radius 3 is 2.75 bits per heavy atom. The fourth-order valence-electron chi connectivity index (χ4n) is 3.92. The van der Waals surface area contributed by atoms with Gasteiger partial charge in [0.15, 0.2) is 6.61 Å². The molecule has 0 spiro atoms. The average molecular weight is 478 g/mol. The fraction of sp³-hybridized carbons (Fsp3) is 0.364. The van der Waals surface area contributed by atoms with Crippen molar-refractivity contribution in [3.8, 4) is 5.75 Å². The maximum atomic E-state index is 13.4. The van der Waals surface area contributed by atoms with Crippen LogP contribution in [0.25, 0.3) is 0 Å². The van der Waals surface area contributed by atoms with Gasteiger partial charge in [-0.05, 0) is 56.0 Å². The molecule has 2 aliphatic rings. The van der Waals surface area contributed by atoms with E-state index in [9.17, 15) is 18.0 Å². The van der Waals surface area contributed by atoms with Crippen LogP contribution in [-0.2, 0) is 19.6 Å². The first-order valence-electron chi connectivity index (χ1n) is 10.3. The number of amides is 2.